The molecule has 3 aromatic rings. The molecule has 0 spiro atoms. The summed E-state index contributed by atoms with van der Waals surface area (Å²) in [6.45, 7) is 9.89. The number of ether oxygens (including phenoxy) is 8. The number of hydrogen-bond donors (Lipinski definition) is 2. The number of nitrogens with one attached hydrogen (secondary N) is 2. The largest absolute Gasteiger partial charge is 0.468 e. The molecule has 3 aromatic carbocycles. The van der Waals surface area contributed by atoms with E-state index in [2.05, 4.69) is 10.6 Å². The van der Waals surface area contributed by atoms with Crippen LogP contribution in [0.1, 0.15) is 43.0 Å². The van der Waals surface area contributed by atoms with Crippen LogP contribution in [0.25, 0.3) is 6.08 Å². The normalized spacial score (nSPS) is 11.4. The van der Waals surface area contributed by atoms with Gasteiger partial charge in [-0.3, -0.25) is 19.7 Å². The fourth-order valence-electron chi connectivity index (χ4n) is 4.86. The molecule has 0 heterocycles. The van der Waals surface area contributed by atoms with Crippen molar-refractivity contribution in [3.63, 3.8) is 0 Å². The van der Waals surface area contributed by atoms with E-state index in [-0.39, 0.29) is 43.1 Å². The molecule has 0 aliphatic rings. The Bertz CT molecular complexity index is 1750. The van der Waals surface area contributed by atoms with Crippen molar-refractivity contribution in [2.24, 2.45) is 0 Å². The van der Waals surface area contributed by atoms with Crippen LogP contribution in [0, 0.1) is 10.1 Å². The Morgan fingerprint density at radius 2 is 1.36 bits per heavy atom. The molecular weight excluding hydrogens is 787 g/mol. The lowest BCUT2D eigenvalue weighted by molar-refractivity contribution is -0.384. The van der Waals surface area contributed by atoms with E-state index in [0.717, 1.165) is 38.9 Å². The highest BCUT2D eigenvalue weighted by molar-refractivity contribution is 8.14. The number of nitrogens with zero attached hydrogens (tertiary/aromatic N) is 1. The van der Waals surface area contributed by atoms with Crippen LogP contribution in [0.4, 0.5) is 10.5 Å². The Kier molecular flexibility index (Phi) is 22.8. The lowest BCUT2D eigenvalue weighted by Gasteiger charge is -2.19. The number of nitro benzene ring substituents is 1. The van der Waals surface area contributed by atoms with Crippen molar-refractivity contribution in [1.29, 1.82) is 0 Å². The molecule has 3 rings (SSSR count). The molecule has 0 saturated carbocycles. The molecule has 0 aliphatic heterocycles. The van der Waals surface area contributed by atoms with Crippen molar-refractivity contribution in [3.8, 4) is 5.75 Å². The van der Waals surface area contributed by atoms with Crippen LogP contribution >= 0.6 is 11.8 Å². The van der Waals surface area contributed by atoms with Gasteiger partial charge < -0.3 is 48.5 Å². The first-order valence-corrected chi connectivity index (χ1v) is 19.8. The Hall–Kier alpha value is -4.88. The summed E-state index contributed by atoms with van der Waals surface area (Å²) in [6, 6.07) is 18.6. The summed E-state index contributed by atoms with van der Waals surface area (Å²) < 4.78 is 43.7. The lowest BCUT2D eigenvalue weighted by Crippen LogP contribution is -2.34. The number of amides is 2. The number of alkyl carbamates (subject to hydrolysis) is 1. The summed E-state index contributed by atoms with van der Waals surface area (Å²) in [7, 11) is 1.54. The van der Waals surface area contributed by atoms with Gasteiger partial charge in [0.2, 0.25) is 11.0 Å². The first-order valence-electron chi connectivity index (χ1n) is 19.0. The van der Waals surface area contributed by atoms with E-state index >= 15 is 0 Å². The molecule has 17 heteroatoms. The summed E-state index contributed by atoms with van der Waals surface area (Å²) in [5.41, 5.74) is 2.59. The number of thioether (sulfide) groups is 1. The summed E-state index contributed by atoms with van der Waals surface area (Å²) in [6.07, 6.45) is 2.90. The maximum absolute atomic E-state index is 12.9. The molecule has 322 valence electrons. The van der Waals surface area contributed by atoms with Crippen LogP contribution < -0.4 is 15.4 Å². The van der Waals surface area contributed by atoms with Crippen molar-refractivity contribution in [3.05, 3.63) is 105 Å². The van der Waals surface area contributed by atoms with Gasteiger partial charge >= 0.3 is 6.09 Å². The second-order valence-corrected chi connectivity index (χ2v) is 14.7. The fourth-order valence-corrected chi connectivity index (χ4v) is 5.50. The molecule has 2 amide bonds. The SMILES string of the molecule is COCOc1ccc(/C=C/C(=O)Sc2ccc(CC(=O)NCc3ccc([N+](=O)[O-])cc3)cc2)c(COCCOCCOCCOCCOCCNC(=O)OC(C)(C)C)c1. The van der Waals surface area contributed by atoms with Crippen molar-refractivity contribution in [2.75, 3.05) is 79.9 Å². The molecule has 0 bridgehead atoms. The van der Waals surface area contributed by atoms with E-state index in [9.17, 15) is 24.5 Å². The van der Waals surface area contributed by atoms with Crippen LogP contribution in [-0.2, 0) is 62.3 Å². The van der Waals surface area contributed by atoms with Gasteiger partial charge in [0, 0.05) is 37.2 Å². The Morgan fingerprint density at radius 3 is 1.95 bits per heavy atom. The van der Waals surface area contributed by atoms with E-state index in [1.54, 1.807) is 69.3 Å². The van der Waals surface area contributed by atoms with E-state index in [1.807, 2.05) is 12.1 Å². The quantitative estimate of drug-likeness (QED) is 0.0220. The van der Waals surface area contributed by atoms with Gasteiger partial charge in [-0.05, 0) is 85.1 Å². The van der Waals surface area contributed by atoms with Crippen molar-refractivity contribution in [2.45, 2.75) is 50.8 Å². The molecule has 0 radical (unpaired) electrons. The van der Waals surface area contributed by atoms with Gasteiger partial charge in [0.05, 0.1) is 77.4 Å². The summed E-state index contributed by atoms with van der Waals surface area (Å²) >= 11 is 1.06. The number of non-ortho nitro benzene ring substituents is 1. The van der Waals surface area contributed by atoms with Gasteiger partial charge in [-0.2, -0.15) is 0 Å². The third kappa shape index (κ3) is 22.2. The molecule has 0 aliphatic carbocycles. The predicted octanol–water partition coefficient (Wildman–Crippen LogP) is 5.88. The Balaban J connectivity index is 1.30. The van der Waals surface area contributed by atoms with Crippen LogP contribution in [0.2, 0.25) is 0 Å². The average molecular weight is 842 g/mol. The minimum atomic E-state index is -0.539. The number of methoxy groups -OCH3 is 1. The second-order valence-electron chi connectivity index (χ2n) is 13.6. The highest BCUT2D eigenvalue weighted by atomic mass is 32.2. The highest BCUT2D eigenvalue weighted by Gasteiger charge is 2.15. The average Bonchev–Trinajstić information content (AvgIpc) is 3.20. The van der Waals surface area contributed by atoms with Crippen molar-refractivity contribution >= 4 is 40.6 Å². The number of rotatable bonds is 28. The van der Waals surface area contributed by atoms with Gasteiger partial charge in [-0.15, -0.1) is 0 Å². The molecule has 59 heavy (non-hydrogen) atoms. The zero-order chi connectivity index (χ0) is 42.7. The Morgan fingerprint density at radius 1 is 0.763 bits per heavy atom. The zero-order valence-electron chi connectivity index (χ0n) is 34.1. The van der Waals surface area contributed by atoms with Gasteiger partial charge in [0.15, 0.2) is 6.79 Å². The molecular formula is C42H55N3O13S. The predicted molar refractivity (Wildman–Crippen MR) is 221 cm³/mol. The monoisotopic (exact) mass is 841 g/mol. The molecule has 0 aromatic heterocycles. The van der Waals surface area contributed by atoms with Crippen molar-refractivity contribution in [1.82, 2.24) is 10.6 Å². The van der Waals surface area contributed by atoms with E-state index in [0.29, 0.717) is 71.8 Å². The summed E-state index contributed by atoms with van der Waals surface area (Å²) in [5, 5.41) is 16.1. The number of nitro groups is 1. The van der Waals surface area contributed by atoms with Gasteiger partial charge in [-0.25, -0.2) is 4.79 Å². The number of benzene rings is 3. The standard InChI is InChI=1S/C42H55N3O13S/c1-42(2,3)58-41(48)43-17-18-52-19-20-53-21-22-54-23-24-55-25-26-56-30-35-28-37(57-31-51-4)13-9-34(35)10-16-40(47)59-38-14-7-32(8-15-38)27-39(46)44-29-33-5-11-36(12-6-33)45(49)50/h5-16,28H,17-27,29-31H2,1-4H3,(H,43,48)(H,44,46)/b16-10+. The zero-order valence-corrected chi connectivity index (χ0v) is 34.9. The minimum Gasteiger partial charge on any atom is -0.468 e. The van der Waals surface area contributed by atoms with Gasteiger partial charge in [0.1, 0.15) is 11.4 Å². The van der Waals surface area contributed by atoms with Gasteiger partial charge in [0.25, 0.3) is 5.69 Å². The Labute approximate surface area is 349 Å². The second kappa shape index (κ2) is 27.7. The van der Waals surface area contributed by atoms with Crippen LogP contribution in [0.5, 0.6) is 5.75 Å². The lowest BCUT2D eigenvalue weighted by atomic mass is 10.1. The minimum absolute atomic E-state index is 0.00836. The number of carbonyl (C=O) groups excluding carboxylic acids is 3. The van der Waals surface area contributed by atoms with Crippen LogP contribution in [0.3, 0.4) is 0 Å². The molecule has 0 saturated heterocycles. The first kappa shape index (κ1) is 48.5. The number of hydrogen-bond acceptors (Lipinski definition) is 14. The van der Waals surface area contributed by atoms with Gasteiger partial charge in [-0.1, -0.05) is 36.4 Å². The highest BCUT2D eigenvalue weighted by Crippen LogP contribution is 2.24. The third-order valence-electron chi connectivity index (χ3n) is 7.66. The van der Waals surface area contributed by atoms with Crippen LogP contribution in [0.15, 0.2) is 77.7 Å². The van der Waals surface area contributed by atoms with Crippen LogP contribution in [-0.4, -0.2) is 108 Å². The fraction of sp³-hybridized carbons (Fsp3) is 0.452. The van der Waals surface area contributed by atoms with E-state index in [1.165, 1.54) is 25.3 Å². The first-order chi connectivity index (χ1) is 28.4. The molecule has 0 atom stereocenters. The third-order valence-corrected chi connectivity index (χ3v) is 8.51. The number of carbonyl (C=O) groups is 3. The van der Waals surface area contributed by atoms with E-state index < -0.39 is 16.6 Å². The summed E-state index contributed by atoms with van der Waals surface area (Å²) in [5.74, 6) is 0.405. The topological polar surface area (TPSA) is 192 Å². The summed E-state index contributed by atoms with van der Waals surface area (Å²) in [4.78, 5) is 48.0. The molecule has 0 fully saturated rings. The maximum atomic E-state index is 12.9. The molecule has 16 nitrogen and oxygen atoms in total. The van der Waals surface area contributed by atoms with E-state index in [4.69, 9.17) is 37.9 Å². The maximum Gasteiger partial charge on any atom is 0.407 e. The smallest absolute Gasteiger partial charge is 0.407 e. The molecule has 0 unspecified atom stereocenters. The van der Waals surface area contributed by atoms with Crippen molar-refractivity contribution < 1.29 is 57.2 Å². The molecule has 2 N–H and O–H groups in total.